The van der Waals surface area contributed by atoms with Gasteiger partial charge in [-0.25, -0.2) is 0 Å². The number of oxime groups is 2. The Bertz CT molecular complexity index is 638. The third-order valence-corrected chi connectivity index (χ3v) is 8.87. The van der Waals surface area contributed by atoms with Crippen LogP contribution in [-0.4, -0.2) is 34.0 Å². The number of rotatable bonds is 24. The van der Waals surface area contributed by atoms with Crippen molar-refractivity contribution in [1.29, 1.82) is 0 Å². The Kier molecular flexibility index (Phi) is 22.1. The van der Waals surface area contributed by atoms with Gasteiger partial charge in [-0.1, -0.05) is 117 Å². The molecule has 0 spiro atoms. The Morgan fingerprint density at radius 1 is 0.525 bits per heavy atom. The highest BCUT2D eigenvalue weighted by molar-refractivity contribution is 7.33. The minimum atomic E-state index is -2.93. The number of hydrogen-bond donors (Lipinski definition) is 2. The SMILES string of the molecule is CC(C)CCCC(CCCC(C)C)C(=NO)C(C)O[PH](=O)OC(C)C(=NO)C(CCCC(C)C)CCCC(C)C. The van der Waals surface area contributed by atoms with E-state index in [0.29, 0.717) is 35.1 Å². The van der Waals surface area contributed by atoms with Crippen LogP contribution in [0.1, 0.15) is 146 Å². The van der Waals surface area contributed by atoms with Gasteiger partial charge in [0.05, 0.1) is 11.4 Å². The summed E-state index contributed by atoms with van der Waals surface area (Å²) in [5.74, 6) is 2.62. The molecule has 0 aliphatic heterocycles. The van der Waals surface area contributed by atoms with Gasteiger partial charge in [-0.3, -0.25) is 4.57 Å². The highest BCUT2D eigenvalue weighted by atomic mass is 31.1. The quantitative estimate of drug-likeness (QED) is 0.0505. The van der Waals surface area contributed by atoms with Crippen molar-refractivity contribution in [1.82, 2.24) is 0 Å². The van der Waals surface area contributed by atoms with Gasteiger partial charge in [0, 0.05) is 11.8 Å². The Morgan fingerprint density at radius 3 is 0.975 bits per heavy atom. The fraction of sp³-hybridized carbons (Fsp3) is 0.938. The first-order valence-corrected chi connectivity index (χ1v) is 17.3. The van der Waals surface area contributed by atoms with E-state index in [9.17, 15) is 15.0 Å². The van der Waals surface area contributed by atoms with Crippen LogP contribution in [-0.2, 0) is 13.6 Å². The minimum absolute atomic E-state index is 0.0746. The van der Waals surface area contributed by atoms with E-state index in [4.69, 9.17) is 9.05 Å². The number of nitrogens with zero attached hydrogens (tertiary/aromatic N) is 2. The van der Waals surface area contributed by atoms with Gasteiger partial charge >= 0.3 is 8.25 Å². The van der Waals surface area contributed by atoms with E-state index in [-0.39, 0.29) is 11.8 Å². The predicted molar refractivity (Wildman–Crippen MR) is 170 cm³/mol. The molecule has 0 heterocycles. The van der Waals surface area contributed by atoms with Crippen LogP contribution in [0.25, 0.3) is 0 Å². The Hall–Kier alpha value is -0.910. The van der Waals surface area contributed by atoms with Gasteiger partial charge in [-0.2, -0.15) is 0 Å². The molecular weight excluding hydrogens is 523 g/mol. The average Bonchev–Trinajstić information content (AvgIpc) is 2.83. The monoisotopic (exact) mass is 588 g/mol. The predicted octanol–water partition coefficient (Wildman–Crippen LogP) is 10.4. The van der Waals surface area contributed by atoms with Crippen molar-refractivity contribution in [2.45, 2.75) is 158 Å². The molecule has 7 nitrogen and oxygen atoms in total. The van der Waals surface area contributed by atoms with E-state index in [1.54, 1.807) is 13.8 Å². The average molecular weight is 589 g/mol. The summed E-state index contributed by atoms with van der Waals surface area (Å²) in [4.78, 5) is 0. The standard InChI is InChI=1S/C32H65N2O5P/c1-23(2)15-11-19-29(20-12-16-24(3)4)31(33-35)27(9)38-40(37)39-28(10)32(34-36)30(21-13-17-25(5)6)22-14-18-26(7)8/h23-30,35-36,40H,11-22H2,1-10H3. The van der Waals surface area contributed by atoms with Crippen LogP contribution in [0.5, 0.6) is 0 Å². The molecule has 0 radical (unpaired) electrons. The molecule has 0 aromatic rings. The number of hydrogen-bond acceptors (Lipinski definition) is 7. The maximum atomic E-state index is 13.0. The van der Waals surface area contributed by atoms with Gasteiger partial charge in [0.15, 0.2) is 0 Å². The molecule has 0 saturated carbocycles. The second-order valence-electron chi connectivity index (χ2n) is 13.5. The lowest BCUT2D eigenvalue weighted by molar-refractivity contribution is 0.184. The van der Waals surface area contributed by atoms with Crippen molar-refractivity contribution in [3.8, 4) is 0 Å². The van der Waals surface area contributed by atoms with Crippen molar-refractivity contribution < 1.29 is 24.0 Å². The summed E-state index contributed by atoms with van der Waals surface area (Å²) in [6.07, 6.45) is 11.0. The van der Waals surface area contributed by atoms with E-state index in [2.05, 4.69) is 65.7 Å². The molecule has 0 aliphatic rings. The molecule has 0 amide bonds. The van der Waals surface area contributed by atoms with Crippen molar-refractivity contribution in [3.05, 3.63) is 0 Å². The third kappa shape index (κ3) is 18.5. The normalized spacial score (nSPS) is 15.8. The van der Waals surface area contributed by atoms with E-state index >= 15 is 0 Å². The van der Waals surface area contributed by atoms with Gasteiger partial charge < -0.3 is 19.5 Å². The van der Waals surface area contributed by atoms with Crippen LogP contribution in [0.3, 0.4) is 0 Å². The smallest absolute Gasteiger partial charge is 0.320 e. The van der Waals surface area contributed by atoms with Crippen LogP contribution < -0.4 is 0 Å². The second-order valence-corrected chi connectivity index (χ2v) is 14.5. The lowest BCUT2D eigenvalue weighted by Gasteiger charge is -2.25. The van der Waals surface area contributed by atoms with Crippen molar-refractivity contribution in [2.24, 2.45) is 45.8 Å². The maximum Gasteiger partial charge on any atom is 0.320 e. The highest BCUT2D eigenvalue weighted by Crippen LogP contribution is 2.33. The highest BCUT2D eigenvalue weighted by Gasteiger charge is 2.28. The van der Waals surface area contributed by atoms with Crippen LogP contribution >= 0.6 is 8.25 Å². The van der Waals surface area contributed by atoms with Crippen molar-refractivity contribution in [2.75, 3.05) is 0 Å². The molecule has 40 heavy (non-hydrogen) atoms. The Morgan fingerprint density at radius 2 is 0.775 bits per heavy atom. The summed E-state index contributed by atoms with van der Waals surface area (Å²) >= 11 is 0. The minimum Gasteiger partial charge on any atom is -0.411 e. The first-order valence-electron chi connectivity index (χ1n) is 16.1. The fourth-order valence-electron chi connectivity index (χ4n) is 5.40. The molecule has 0 aromatic carbocycles. The molecule has 2 atom stereocenters. The molecule has 238 valence electrons. The zero-order chi connectivity index (χ0) is 30.7. The van der Waals surface area contributed by atoms with Crippen LogP contribution in [0, 0.1) is 35.5 Å². The second kappa shape index (κ2) is 22.7. The first kappa shape index (κ1) is 39.1. The molecule has 0 aliphatic carbocycles. The molecule has 2 N–H and O–H groups in total. The zero-order valence-corrected chi connectivity index (χ0v) is 28.6. The molecule has 0 rings (SSSR count). The summed E-state index contributed by atoms with van der Waals surface area (Å²) in [5.41, 5.74) is 1.08. The zero-order valence-electron chi connectivity index (χ0n) is 27.6. The Labute approximate surface area is 247 Å². The molecule has 0 saturated heterocycles. The van der Waals surface area contributed by atoms with Gasteiger partial charge in [-0.15, -0.1) is 0 Å². The molecule has 8 heteroatoms. The molecule has 0 fully saturated rings. The molecule has 0 aromatic heterocycles. The van der Waals surface area contributed by atoms with E-state index in [1.165, 1.54) is 0 Å². The first-order chi connectivity index (χ1) is 18.8. The van der Waals surface area contributed by atoms with Crippen LogP contribution in [0.2, 0.25) is 0 Å². The lowest BCUT2D eigenvalue weighted by atomic mass is 9.87. The summed E-state index contributed by atoms with van der Waals surface area (Å²) in [6.45, 7) is 21.3. The third-order valence-electron chi connectivity index (χ3n) is 7.78. The fourth-order valence-corrected chi connectivity index (χ4v) is 6.27. The van der Waals surface area contributed by atoms with Gasteiger partial charge in [0.25, 0.3) is 0 Å². The largest absolute Gasteiger partial charge is 0.411 e. The molecule has 2 unspecified atom stereocenters. The topological polar surface area (TPSA) is 101 Å². The van der Waals surface area contributed by atoms with E-state index in [1.807, 2.05) is 0 Å². The molecule has 0 bridgehead atoms. The summed E-state index contributed by atoms with van der Waals surface area (Å²) in [7, 11) is -2.93. The van der Waals surface area contributed by atoms with Gasteiger partial charge in [0.1, 0.15) is 12.2 Å². The summed E-state index contributed by atoms with van der Waals surface area (Å²) in [6, 6.07) is 0. The van der Waals surface area contributed by atoms with Gasteiger partial charge in [-0.05, 0) is 63.2 Å². The van der Waals surface area contributed by atoms with Crippen LogP contribution in [0.4, 0.5) is 0 Å². The Balaban J connectivity index is 5.35. The van der Waals surface area contributed by atoms with Gasteiger partial charge in [0.2, 0.25) is 0 Å². The van der Waals surface area contributed by atoms with E-state index in [0.717, 1.165) is 77.0 Å². The lowest BCUT2D eigenvalue weighted by Crippen LogP contribution is -2.30. The van der Waals surface area contributed by atoms with Crippen molar-refractivity contribution in [3.63, 3.8) is 0 Å². The molecular formula is C32H65N2O5P. The van der Waals surface area contributed by atoms with E-state index < -0.39 is 20.5 Å². The van der Waals surface area contributed by atoms with Crippen molar-refractivity contribution >= 4 is 19.7 Å². The summed E-state index contributed by atoms with van der Waals surface area (Å²) in [5, 5.41) is 27.2. The maximum absolute atomic E-state index is 13.0. The summed E-state index contributed by atoms with van der Waals surface area (Å²) < 4.78 is 24.6. The van der Waals surface area contributed by atoms with Crippen LogP contribution in [0.15, 0.2) is 10.3 Å².